The van der Waals surface area contributed by atoms with Crippen LogP contribution in [-0.4, -0.2) is 36.5 Å². The molecule has 0 aromatic heterocycles. The van der Waals surface area contributed by atoms with Crippen LogP contribution in [0.5, 0.6) is 0 Å². The van der Waals surface area contributed by atoms with Gasteiger partial charge in [-0.15, -0.1) is 0 Å². The van der Waals surface area contributed by atoms with Crippen LogP contribution in [0.2, 0.25) is 0 Å². The van der Waals surface area contributed by atoms with Crippen molar-refractivity contribution in [1.29, 1.82) is 0 Å². The molecule has 2 rings (SSSR count). The predicted octanol–water partition coefficient (Wildman–Crippen LogP) is 3.17. The first-order chi connectivity index (χ1) is 10.0. The fourth-order valence-electron chi connectivity index (χ4n) is 2.62. The van der Waals surface area contributed by atoms with E-state index in [0.29, 0.717) is 25.3 Å². The second-order valence-corrected chi connectivity index (χ2v) is 6.11. The highest BCUT2D eigenvalue weighted by Crippen LogP contribution is 2.24. The molecule has 1 heterocycles. The molecule has 1 saturated heterocycles. The molecular formula is C16H20BrNO3. The van der Waals surface area contributed by atoms with Crippen molar-refractivity contribution in [3.8, 4) is 0 Å². The third-order valence-corrected chi connectivity index (χ3v) is 4.69. The molecule has 114 valence electrons. The van der Waals surface area contributed by atoms with Gasteiger partial charge in [0.2, 0.25) is 0 Å². The van der Waals surface area contributed by atoms with E-state index in [-0.39, 0.29) is 17.8 Å². The summed E-state index contributed by atoms with van der Waals surface area (Å²) in [5.74, 6) is -0.404. The second kappa shape index (κ2) is 7.07. The molecular weight excluding hydrogens is 334 g/mol. The fourth-order valence-corrected chi connectivity index (χ4v) is 2.99. The summed E-state index contributed by atoms with van der Waals surface area (Å²) in [6.07, 6.45) is 1.63. The molecule has 1 aromatic carbocycles. The number of likely N-dealkylation sites (tertiary alicyclic amines) is 1. The first-order valence-corrected chi connectivity index (χ1v) is 8.05. The lowest BCUT2D eigenvalue weighted by molar-refractivity contribution is -0.149. The first-order valence-electron chi connectivity index (χ1n) is 7.25. The monoisotopic (exact) mass is 353 g/mol. The van der Waals surface area contributed by atoms with Crippen LogP contribution in [0.1, 0.15) is 35.7 Å². The van der Waals surface area contributed by atoms with Crippen LogP contribution < -0.4 is 0 Å². The minimum absolute atomic E-state index is 0.0113. The van der Waals surface area contributed by atoms with Gasteiger partial charge in [0.25, 0.3) is 5.91 Å². The van der Waals surface area contributed by atoms with Gasteiger partial charge in [-0.05, 0) is 44.4 Å². The van der Waals surface area contributed by atoms with Crippen molar-refractivity contribution >= 4 is 27.8 Å². The van der Waals surface area contributed by atoms with Gasteiger partial charge in [-0.1, -0.05) is 22.0 Å². The number of amides is 1. The predicted molar refractivity (Wildman–Crippen MR) is 84.1 cm³/mol. The van der Waals surface area contributed by atoms with Crippen LogP contribution in [0.4, 0.5) is 0 Å². The highest BCUT2D eigenvalue weighted by molar-refractivity contribution is 9.10. The maximum atomic E-state index is 12.7. The number of benzene rings is 1. The summed E-state index contributed by atoms with van der Waals surface area (Å²) in [5, 5.41) is 0. The third kappa shape index (κ3) is 3.64. The van der Waals surface area contributed by atoms with Crippen LogP contribution in [0.25, 0.3) is 0 Å². The SMILES string of the molecule is CCOC(=O)C1CCCN(C(=O)c2cccc(Br)c2C)C1. The highest BCUT2D eigenvalue weighted by Gasteiger charge is 2.30. The Morgan fingerprint density at radius 2 is 2.19 bits per heavy atom. The van der Waals surface area contributed by atoms with Gasteiger partial charge in [-0.3, -0.25) is 9.59 Å². The Balaban J connectivity index is 2.12. The Hall–Kier alpha value is -1.36. The largest absolute Gasteiger partial charge is 0.466 e. The molecule has 0 N–H and O–H groups in total. The zero-order valence-electron chi connectivity index (χ0n) is 12.4. The normalized spacial score (nSPS) is 18.4. The molecule has 1 unspecified atom stereocenters. The van der Waals surface area contributed by atoms with E-state index in [1.165, 1.54) is 0 Å². The Bertz CT molecular complexity index is 544. The van der Waals surface area contributed by atoms with Crippen LogP contribution in [-0.2, 0) is 9.53 Å². The van der Waals surface area contributed by atoms with Crippen LogP contribution in [0.15, 0.2) is 22.7 Å². The van der Waals surface area contributed by atoms with E-state index in [0.717, 1.165) is 22.9 Å². The molecule has 5 heteroatoms. The Kier molecular flexibility index (Phi) is 5.39. The van der Waals surface area contributed by atoms with Crippen molar-refractivity contribution < 1.29 is 14.3 Å². The fraction of sp³-hybridized carbons (Fsp3) is 0.500. The molecule has 0 saturated carbocycles. The zero-order valence-corrected chi connectivity index (χ0v) is 14.0. The quantitative estimate of drug-likeness (QED) is 0.784. The van der Waals surface area contributed by atoms with E-state index >= 15 is 0 Å². The first kappa shape index (κ1) is 16.0. The average Bonchev–Trinajstić information content (AvgIpc) is 2.50. The number of halogens is 1. The molecule has 4 nitrogen and oxygen atoms in total. The molecule has 21 heavy (non-hydrogen) atoms. The summed E-state index contributed by atoms with van der Waals surface area (Å²) >= 11 is 3.45. The van der Waals surface area contributed by atoms with Crippen LogP contribution in [0, 0.1) is 12.8 Å². The van der Waals surface area contributed by atoms with E-state index in [4.69, 9.17) is 4.74 Å². The summed E-state index contributed by atoms with van der Waals surface area (Å²) in [4.78, 5) is 26.3. The standard InChI is InChI=1S/C16H20BrNO3/c1-3-21-16(20)12-6-5-9-18(10-12)15(19)13-7-4-8-14(17)11(13)2/h4,7-8,12H,3,5-6,9-10H2,1-2H3. The number of hydrogen-bond donors (Lipinski definition) is 0. The summed E-state index contributed by atoms with van der Waals surface area (Å²) in [5.41, 5.74) is 1.62. The van der Waals surface area contributed by atoms with Crippen molar-refractivity contribution in [2.45, 2.75) is 26.7 Å². The molecule has 1 aromatic rings. The van der Waals surface area contributed by atoms with E-state index in [2.05, 4.69) is 15.9 Å². The van der Waals surface area contributed by atoms with Gasteiger partial charge in [-0.25, -0.2) is 0 Å². The van der Waals surface area contributed by atoms with Crippen LogP contribution in [0.3, 0.4) is 0 Å². The summed E-state index contributed by atoms with van der Waals surface area (Å²) in [7, 11) is 0. The molecule has 1 amide bonds. The van der Waals surface area contributed by atoms with Crippen molar-refractivity contribution in [3.63, 3.8) is 0 Å². The van der Waals surface area contributed by atoms with Gasteiger partial charge < -0.3 is 9.64 Å². The number of ether oxygens (including phenoxy) is 1. The maximum Gasteiger partial charge on any atom is 0.310 e. The average molecular weight is 354 g/mol. The van der Waals surface area contributed by atoms with E-state index in [9.17, 15) is 9.59 Å². The molecule has 0 aliphatic carbocycles. The number of esters is 1. The Morgan fingerprint density at radius 1 is 1.43 bits per heavy atom. The minimum atomic E-state index is -0.199. The molecule has 1 atom stereocenters. The highest BCUT2D eigenvalue weighted by atomic mass is 79.9. The van der Waals surface area contributed by atoms with E-state index < -0.39 is 0 Å². The van der Waals surface area contributed by atoms with Crippen molar-refractivity contribution in [2.24, 2.45) is 5.92 Å². The summed E-state index contributed by atoms with van der Waals surface area (Å²) in [6, 6.07) is 5.61. The summed E-state index contributed by atoms with van der Waals surface area (Å²) < 4.78 is 6.00. The third-order valence-electron chi connectivity index (χ3n) is 3.83. The lowest BCUT2D eigenvalue weighted by Gasteiger charge is -2.32. The lowest BCUT2D eigenvalue weighted by atomic mass is 9.97. The minimum Gasteiger partial charge on any atom is -0.466 e. The van der Waals surface area contributed by atoms with Gasteiger partial charge in [0.1, 0.15) is 0 Å². The molecule has 1 fully saturated rings. The summed E-state index contributed by atoms with van der Waals surface area (Å²) in [6.45, 7) is 5.25. The Morgan fingerprint density at radius 3 is 2.90 bits per heavy atom. The molecule has 1 aliphatic rings. The number of hydrogen-bond acceptors (Lipinski definition) is 3. The zero-order chi connectivity index (χ0) is 15.4. The van der Waals surface area contributed by atoms with Gasteiger partial charge >= 0.3 is 5.97 Å². The second-order valence-electron chi connectivity index (χ2n) is 5.25. The number of carbonyl (C=O) groups excluding carboxylic acids is 2. The van der Waals surface area contributed by atoms with Crippen LogP contribution >= 0.6 is 15.9 Å². The van der Waals surface area contributed by atoms with Gasteiger partial charge in [0.05, 0.1) is 12.5 Å². The van der Waals surface area contributed by atoms with Gasteiger partial charge in [-0.2, -0.15) is 0 Å². The van der Waals surface area contributed by atoms with Gasteiger partial charge in [0.15, 0.2) is 0 Å². The van der Waals surface area contributed by atoms with Crippen molar-refractivity contribution in [2.75, 3.05) is 19.7 Å². The van der Waals surface area contributed by atoms with E-state index in [1.807, 2.05) is 25.1 Å². The molecule has 0 bridgehead atoms. The van der Waals surface area contributed by atoms with Crippen molar-refractivity contribution in [3.05, 3.63) is 33.8 Å². The Labute approximate surface area is 133 Å². The number of nitrogens with zero attached hydrogens (tertiary/aromatic N) is 1. The number of carbonyl (C=O) groups is 2. The molecule has 1 aliphatic heterocycles. The van der Waals surface area contributed by atoms with Gasteiger partial charge in [0, 0.05) is 23.1 Å². The smallest absolute Gasteiger partial charge is 0.310 e. The number of piperidine rings is 1. The molecule has 0 radical (unpaired) electrons. The van der Waals surface area contributed by atoms with Crippen molar-refractivity contribution in [1.82, 2.24) is 4.90 Å². The maximum absolute atomic E-state index is 12.7. The number of rotatable bonds is 3. The van der Waals surface area contributed by atoms with E-state index in [1.54, 1.807) is 11.8 Å². The molecule has 0 spiro atoms. The topological polar surface area (TPSA) is 46.6 Å². The lowest BCUT2D eigenvalue weighted by Crippen LogP contribution is -2.43.